The summed E-state index contributed by atoms with van der Waals surface area (Å²) in [6.07, 6.45) is 8.52. The second kappa shape index (κ2) is 12.9. The number of ether oxygens (including phenoxy) is 1. The number of nitrogens with zero attached hydrogens (tertiary/aromatic N) is 2. The van der Waals surface area contributed by atoms with Gasteiger partial charge in [-0.2, -0.15) is 0 Å². The van der Waals surface area contributed by atoms with Crippen LogP contribution < -0.4 is 4.90 Å². The molecule has 1 aromatic rings. The van der Waals surface area contributed by atoms with Crippen LogP contribution in [0, 0.1) is 18.8 Å². The minimum absolute atomic E-state index is 0.00819. The highest BCUT2D eigenvalue weighted by atomic mass is 35.5. The molecule has 1 N–H and O–H groups in total. The van der Waals surface area contributed by atoms with Gasteiger partial charge in [0.2, 0.25) is 5.91 Å². The Hall–Kier alpha value is -2.29. The fourth-order valence-corrected chi connectivity index (χ4v) is 9.05. The van der Waals surface area contributed by atoms with Crippen LogP contribution in [0.25, 0.3) is 0 Å². The van der Waals surface area contributed by atoms with Gasteiger partial charge in [0.15, 0.2) is 0 Å². The minimum Gasteiger partial charge on any atom is -0.465 e. The molecule has 3 aliphatic rings. The van der Waals surface area contributed by atoms with E-state index in [4.69, 9.17) is 16.3 Å². The Morgan fingerprint density at radius 3 is 2.74 bits per heavy atom. The summed E-state index contributed by atoms with van der Waals surface area (Å²) in [6, 6.07) is 4.75. The number of unbranched alkanes of at least 4 members (excludes halogenated alkanes) is 3. The number of esters is 1. The van der Waals surface area contributed by atoms with E-state index in [2.05, 4.69) is 13.2 Å². The number of anilines is 1. The third kappa shape index (κ3) is 5.52. The summed E-state index contributed by atoms with van der Waals surface area (Å²) in [5.41, 5.74) is 1.46. The van der Waals surface area contributed by atoms with Crippen molar-refractivity contribution in [1.29, 1.82) is 0 Å². The maximum Gasteiger partial charge on any atom is 0.310 e. The van der Waals surface area contributed by atoms with Crippen LogP contribution in [0.1, 0.15) is 50.5 Å². The molecule has 1 spiro atoms. The Morgan fingerprint density at radius 1 is 1.26 bits per heavy atom. The number of allylic oxidation sites excluding steroid dienone is 1. The number of para-hydroxylation sites is 1. The van der Waals surface area contributed by atoms with Crippen LogP contribution in [0.2, 0.25) is 5.02 Å². The van der Waals surface area contributed by atoms with Gasteiger partial charge in [-0.05, 0) is 63.5 Å². The first-order chi connectivity index (χ1) is 18.8. The Morgan fingerprint density at radius 2 is 2.05 bits per heavy atom. The number of likely N-dealkylation sites (tertiary alicyclic amines) is 1. The summed E-state index contributed by atoms with van der Waals surface area (Å²) < 4.78 is 4.97. The van der Waals surface area contributed by atoms with Gasteiger partial charge in [-0.3, -0.25) is 14.4 Å². The molecule has 3 saturated heterocycles. The summed E-state index contributed by atoms with van der Waals surface area (Å²) in [5.74, 6) is -1.88. The smallest absolute Gasteiger partial charge is 0.310 e. The largest absolute Gasteiger partial charge is 0.465 e. The predicted molar refractivity (Wildman–Crippen MR) is 156 cm³/mol. The number of aliphatic hydroxyl groups excluding tert-OH is 1. The number of hydrogen-bond acceptors (Lipinski definition) is 6. The van der Waals surface area contributed by atoms with E-state index in [1.807, 2.05) is 25.1 Å². The summed E-state index contributed by atoms with van der Waals surface area (Å²) in [5, 5.41) is 9.79. The average molecular weight is 575 g/mol. The molecule has 4 rings (SSSR count). The van der Waals surface area contributed by atoms with Crippen molar-refractivity contribution in [3.05, 3.63) is 54.1 Å². The molecular formula is C30H39ClN2O5S. The lowest BCUT2D eigenvalue weighted by Crippen LogP contribution is -2.55. The Kier molecular flexibility index (Phi) is 9.83. The molecular weight excluding hydrogens is 536 g/mol. The van der Waals surface area contributed by atoms with Crippen LogP contribution in [0.5, 0.6) is 0 Å². The number of thioether (sulfide) groups is 1. The lowest BCUT2D eigenvalue weighted by Gasteiger charge is -2.37. The first-order valence-corrected chi connectivity index (χ1v) is 15.1. The number of carbonyl (C=O) groups is 3. The van der Waals surface area contributed by atoms with Crippen molar-refractivity contribution in [3.8, 4) is 0 Å². The van der Waals surface area contributed by atoms with Crippen molar-refractivity contribution in [2.75, 3.05) is 31.2 Å². The van der Waals surface area contributed by atoms with Gasteiger partial charge in [-0.15, -0.1) is 24.9 Å². The van der Waals surface area contributed by atoms with Crippen molar-refractivity contribution < 1.29 is 24.2 Å². The number of aliphatic hydroxyl groups is 1. The molecule has 2 bridgehead atoms. The zero-order valence-electron chi connectivity index (χ0n) is 22.6. The van der Waals surface area contributed by atoms with Crippen LogP contribution in [0.3, 0.4) is 0 Å². The fourth-order valence-electron chi connectivity index (χ4n) is 6.53. The van der Waals surface area contributed by atoms with E-state index in [-0.39, 0.29) is 36.2 Å². The Balaban J connectivity index is 1.68. The van der Waals surface area contributed by atoms with E-state index in [1.165, 1.54) is 0 Å². The van der Waals surface area contributed by atoms with Crippen LogP contribution in [0.15, 0.2) is 43.5 Å². The second-order valence-corrected chi connectivity index (χ2v) is 12.6. The highest BCUT2D eigenvalue weighted by Crippen LogP contribution is 2.66. The van der Waals surface area contributed by atoms with E-state index in [9.17, 15) is 19.5 Å². The number of halogens is 1. The highest BCUT2D eigenvalue weighted by molar-refractivity contribution is 8.02. The molecule has 0 aliphatic carbocycles. The molecule has 3 heterocycles. The molecule has 0 radical (unpaired) electrons. The first kappa shape index (κ1) is 29.7. The van der Waals surface area contributed by atoms with Crippen molar-refractivity contribution in [1.82, 2.24) is 4.90 Å². The maximum absolute atomic E-state index is 14.5. The lowest BCUT2D eigenvalue weighted by atomic mass is 9.71. The van der Waals surface area contributed by atoms with Crippen LogP contribution in [-0.2, 0) is 19.1 Å². The van der Waals surface area contributed by atoms with Gasteiger partial charge in [0, 0.05) is 24.9 Å². The molecule has 2 amide bonds. The number of aryl methyl sites for hydroxylation is 1. The molecule has 3 aliphatic heterocycles. The standard InChI is InChI=1S/C30H39ClN2O5S/c1-4-6-7-10-19-38-29(37)23-22-14-15-30(39-22)24(23)27(35)33(17-8-9-18-34)26(30)28(36)32(16-5-2)25-20(3)12-11-13-21(25)31/h4-5,11-13,22-24,26,34H,1-2,6-10,14-19H2,3H3/t22-,23+,24-,26?,30?/m0/s1. The molecule has 9 heteroatoms. The van der Waals surface area contributed by atoms with Crippen molar-refractivity contribution in [2.24, 2.45) is 11.8 Å². The summed E-state index contributed by atoms with van der Waals surface area (Å²) in [7, 11) is 0. The van der Waals surface area contributed by atoms with E-state index >= 15 is 0 Å². The fraction of sp³-hybridized carbons (Fsp3) is 0.567. The number of benzene rings is 1. The zero-order valence-corrected chi connectivity index (χ0v) is 24.2. The molecule has 0 aromatic heterocycles. The van der Waals surface area contributed by atoms with E-state index in [0.29, 0.717) is 43.1 Å². The average Bonchev–Trinajstić information content (AvgIpc) is 3.55. The predicted octanol–water partition coefficient (Wildman–Crippen LogP) is 4.93. The quantitative estimate of drug-likeness (QED) is 0.193. The molecule has 7 nitrogen and oxygen atoms in total. The van der Waals surface area contributed by atoms with Crippen molar-refractivity contribution in [2.45, 2.75) is 67.9 Å². The lowest BCUT2D eigenvalue weighted by molar-refractivity contribution is -0.154. The van der Waals surface area contributed by atoms with Crippen molar-refractivity contribution >= 4 is 46.8 Å². The molecule has 212 valence electrons. The zero-order chi connectivity index (χ0) is 28.2. The van der Waals surface area contributed by atoms with E-state index in [0.717, 1.165) is 31.2 Å². The summed E-state index contributed by atoms with van der Waals surface area (Å²) in [4.78, 5) is 45.3. The molecule has 1 aromatic carbocycles. The van der Waals surface area contributed by atoms with E-state index < -0.39 is 22.6 Å². The molecule has 0 saturated carbocycles. The molecule has 39 heavy (non-hydrogen) atoms. The number of amides is 2. The van der Waals surface area contributed by atoms with Gasteiger partial charge in [-0.1, -0.05) is 35.9 Å². The van der Waals surface area contributed by atoms with Crippen LogP contribution in [-0.4, -0.2) is 70.1 Å². The van der Waals surface area contributed by atoms with Crippen molar-refractivity contribution in [3.63, 3.8) is 0 Å². The Labute approximate surface area is 240 Å². The maximum atomic E-state index is 14.5. The number of carbonyl (C=O) groups excluding carboxylic acids is 3. The monoisotopic (exact) mass is 574 g/mol. The molecule has 3 fully saturated rings. The van der Waals surface area contributed by atoms with Gasteiger partial charge >= 0.3 is 5.97 Å². The van der Waals surface area contributed by atoms with Crippen LogP contribution in [0.4, 0.5) is 5.69 Å². The first-order valence-electron chi connectivity index (χ1n) is 13.9. The van der Waals surface area contributed by atoms with Gasteiger partial charge in [0.05, 0.1) is 33.9 Å². The molecule has 5 atom stereocenters. The topological polar surface area (TPSA) is 87.2 Å². The van der Waals surface area contributed by atoms with Gasteiger partial charge in [0.25, 0.3) is 5.91 Å². The Bertz CT molecular complexity index is 1090. The van der Waals surface area contributed by atoms with Gasteiger partial charge < -0.3 is 19.6 Å². The van der Waals surface area contributed by atoms with Crippen LogP contribution >= 0.6 is 23.4 Å². The third-order valence-electron chi connectivity index (χ3n) is 8.20. The van der Waals surface area contributed by atoms with Gasteiger partial charge in [-0.25, -0.2) is 0 Å². The summed E-state index contributed by atoms with van der Waals surface area (Å²) in [6.45, 7) is 10.4. The second-order valence-electron chi connectivity index (χ2n) is 10.6. The number of rotatable bonds is 14. The SMILES string of the molecule is C=CCCCCOC(=O)[C@@H]1[C@@H]2CCC3(S2)C(C(=O)N(CC=C)c2c(C)cccc2Cl)N(CCCCO)C(=O)[C@H]13. The molecule has 2 unspecified atom stereocenters. The number of hydrogen-bond donors (Lipinski definition) is 1. The third-order valence-corrected chi connectivity index (χ3v) is 10.5. The normalized spacial score (nSPS) is 26.9. The minimum atomic E-state index is -0.746. The number of fused-ring (bicyclic) bond motifs is 1. The highest BCUT2D eigenvalue weighted by Gasteiger charge is 2.74. The summed E-state index contributed by atoms with van der Waals surface area (Å²) >= 11 is 8.23. The van der Waals surface area contributed by atoms with Gasteiger partial charge in [0.1, 0.15) is 6.04 Å². The van der Waals surface area contributed by atoms with E-state index in [1.54, 1.807) is 33.7 Å².